The Kier molecular flexibility index (Phi) is 7.34. The van der Waals surface area contributed by atoms with Crippen LogP contribution in [0.3, 0.4) is 0 Å². The zero-order valence-corrected chi connectivity index (χ0v) is 18.2. The van der Waals surface area contributed by atoms with Crippen LogP contribution in [0.4, 0.5) is 5.69 Å². The summed E-state index contributed by atoms with van der Waals surface area (Å²) in [6.07, 6.45) is 1.68. The molecule has 2 heterocycles. The Balaban J connectivity index is 1.38. The number of nitrogens with one attached hydrogen (secondary N) is 1. The monoisotopic (exact) mass is 423 g/mol. The number of rotatable bonds is 9. The maximum atomic E-state index is 12.3. The molecule has 6 nitrogen and oxygen atoms in total. The minimum absolute atomic E-state index is 0.414. The normalized spacial score (nSPS) is 15.7. The van der Waals surface area contributed by atoms with Gasteiger partial charge in [0, 0.05) is 43.3 Å². The Morgan fingerprint density at radius 1 is 1.07 bits per heavy atom. The largest absolute Gasteiger partial charge is 0.497 e. The number of sulfonamides is 1. The van der Waals surface area contributed by atoms with Gasteiger partial charge in [-0.3, -0.25) is 4.90 Å². The molecule has 1 N–H and O–H groups in total. The van der Waals surface area contributed by atoms with Crippen molar-refractivity contribution in [1.82, 2.24) is 9.62 Å². The summed E-state index contributed by atoms with van der Waals surface area (Å²) < 4.78 is 33.0. The van der Waals surface area contributed by atoms with Gasteiger partial charge in [0.2, 0.25) is 10.0 Å². The predicted molar refractivity (Wildman–Crippen MR) is 115 cm³/mol. The van der Waals surface area contributed by atoms with Crippen molar-refractivity contribution < 1.29 is 13.2 Å². The van der Waals surface area contributed by atoms with Gasteiger partial charge >= 0.3 is 0 Å². The first-order valence-electron chi connectivity index (χ1n) is 9.71. The van der Waals surface area contributed by atoms with Crippen molar-refractivity contribution in [3.8, 4) is 5.75 Å². The second kappa shape index (κ2) is 9.73. The molecule has 0 bridgehead atoms. The zero-order chi connectivity index (χ0) is 20.0. The van der Waals surface area contributed by atoms with Crippen LogP contribution in [-0.4, -0.2) is 59.7 Å². The van der Waals surface area contributed by atoms with E-state index in [1.165, 1.54) is 17.0 Å². The van der Waals surface area contributed by atoms with Crippen molar-refractivity contribution >= 4 is 27.0 Å². The van der Waals surface area contributed by atoms with Gasteiger partial charge in [-0.25, -0.2) is 13.1 Å². The number of anilines is 1. The molecule has 2 aromatic rings. The number of ether oxygens (including phenoxy) is 1. The van der Waals surface area contributed by atoms with E-state index in [1.54, 1.807) is 13.2 Å². The Morgan fingerprint density at radius 2 is 1.79 bits per heavy atom. The molecule has 154 valence electrons. The fourth-order valence-corrected chi connectivity index (χ4v) is 5.71. The van der Waals surface area contributed by atoms with Crippen molar-refractivity contribution in [3.63, 3.8) is 0 Å². The maximum Gasteiger partial charge on any atom is 0.250 e. The molecule has 0 spiro atoms. The predicted octanol–water partition coefficient (Wildman–Crippen LogP) is 2.81. The zero-order valence-electron chi connectivity index (χ0n) is 16.6. The van der Waals surface area contributed by atoms with Gasteiger partial charge in [0.1, 0.15) is 9.96 Å². The maximum absolute atomic E-state index is 12.3. The van der Waals surface area contributed by atoms with E-state index in [2.05, 4.69) is 26.7 Å². The molecule has 28 heavy (non-hydrogen) atoms. The Labute approximate surface area is 172 Å². The van der Waals surface area contributed by atoms with E-state index in [4.69, 9.17) is 4.74 Å². The number of hydrogen-bond acceptors (Lipinski definition) is 6. The third kappa shape index (κ3) is 5.47. The first-order valence-corrected chi connectivity index (χ1v) is 12.0. The molecule has 1 fully saturated rings. The van der Waals surface area contributed by atoms with Crippen LogP contribution < -0.4 is 14.4 Å². The van der Waals surface area contributed by atoms with Crippen LogP contribution in [0.2, 0.25) is 0 Å². The molecule has 0 unspecified atom stereocenters. The van der Waals surface area contributed by atoms with Gasteiger partial charge in [0.05, 0.1) is 7.11 Å². The topological polar surface area (TPSA) is 61.9 Å². The number of thiophene rings is 1. The highest BCUT2D eigenvalue weighted by molar-refractivity contribution is 7.91. The Bertz CT molecular complexity index is 842. The van der Waals surface area contributed by atoms with Crippen molar-refractivity contribution in [2.45, 2.75) is 24.0 Å². The molecule has 0 atom stereocenters. The highest BCUT2D eigenvalue weighted by Crippen LogP contribution is 2.22. The molecule has 1 aliphatic rings. The summed E-state index contributed by atoms with van der Waals surface area (Å²) in [5.41, 5.74) is 1.22. The lowest BCUT2D eigenvalue weighted by molar-refractivity contribution is 0.255. The van der Waals surface area contributed by atoms with Crippen LogP contribution in [0.25, 0.3) is 0 Å². The van der Waals surface area contributed by atoms with Gasteiger partial charge in [-0.1, -0.05) is 6.92 Å². The molecule has 8 heteroatoms. The smallest absolute Gasteiger partial charge is 0.250 e. The number of aryl methyl sites for hydroxylation is 1. The van der Waals surface area contributed by atoms with Crippen LogP contribution in [0.1, 0.15) is 18.2 Å². The van der Waals surface area contributed by atoms with E-state index in [-0.39, 0.29) is 0 Å². The van der Waals surface area contributed by atoms with Gasteiger partial charge in [0.15, 0.2) is 0 Å². The van der Waals surface area contributed by atoms with Gasteiger partial charge in [0.25, 0.3) is 0 Å². The minimum atomic E-state index is -3.37. The van der Waals surface area contributed by atoms with E-state index in [9.17, 15) is 8.42 Å². The van der Waals surface area contributed by atoms with E-state index in [0.29, 0.717) is 10.8 Å². The number of hydrogen-bond donors (Lipinski definition) is 1. The quantitative estimate of drug-likeness (QED) is 0.629. The van der Waals surface area contributed by atoms with Gasteiger partial charge in [-0.05, 0) is 55.8 Å². The molecule has 1 saturated heterocycles. The van der Waals surface area contributed by atoms with E-state index >= 15 is 0 Å². The van der Waals surface area contributed by atoms with Crippen molar-refractivity contribution in [2.24, 2.45) is 0 Å². The van der Waals surface area contributed by atoms with Crippen LogP contribution in [0, 0.1) is 0 Å². The van der Waals surface area contributed by atoms with Gasteiger partial charge in [-0.15, -0.1) is 11.3 Å². The molecule has 1 aromatic heterocycles. The summed E-state index contributed by atoms with van der Waals surface area (Å²) in [5, 5.41) is 0. The van der Waals surface area contributed by atoms with Gasteiger partial charge < -0.3 is 9.64 Å². The van der Waals surface area contributed by atoms with Crippen LogP contribution in [0.5, 0.6) is 5.75 Å². The average Bonchev–Trinajstić information content (AvgIpc) is 3.22. The molecule has 3 rings (SSSR count). The van der Waals surface area contributed by atoms with Crippen molar-refractivity contribution in [1.29, 1.82) is 0 Å². The average molecular weight is 424 g/mol. The van der Waals surface area contributed by atoms with E-state index < -0.39 is 10.0 Å². The second-order valence-corrected chi connectivity index (χ2v) is 10.0. The van der Waals surface area contributed by atoms with Crippen LogP contribution in [0.15, 0.2) is 40.6 Å². The fraction of sp³-hybridized carbons (Fsp3) is 0.500. The summed E-state index contributed by atoms with van der Waals surface area (Å²) >= 11 is 1.35. The number of methoxy groups -OCH3 is 1. The lowest BCUT2D eigenvalue weighted by Crippen LogP contribution is -2.47. The summed E-state index contributed by atoms with van der Waals surface area (Å²) in [6, 6.07) is 11.8. The SMILES string of the molecule is CCc1ccc(S(=O)(=O)NCCCN2CCN(c3ccc(OC)cc3)CC2)s1. The van der Waals surface area contributed by atoms with E-state index in [0.717, 1.165) is 56.2 Å². The number of piperazine rings is 1. The molecular weight excluding hydrogens is 394 g/mol. The number of nitrogens with zero attached hydrogens (tertiary/aromatic N) is 2. The van der Waals surface area contributed by atoms with Crippen molar-refractivity contribution in [3.05, 3.63) is 41.3 Å². The van der Waals surface area contributed by atoms with E-state index in [1.807, 2.05) is 25.1 Å². The van der Waals surface area contributed by atoms with Crippen LogP contribution >= 0.6 is 11.3 Å². The highest BCUT2D eigenvalue weighted by Gasteiger charge is 2.18. The van der Waals surface area contributed by atoms with Gasteiger partial charge in [-0.2, -0.15) is 0 Å². The summed E-state index contributed by atoms with van der Waals surface area (Å²) in [4.78, 5) is 5.87. The van der Waals surface area contributed by atoms with Crippen LogP contribution in [-0.2, 0) is 16.4 Å². The molecular formula is C20H29N3O3S2. The summed E-state index contributed by atoms with van der Waals surface area (Å²) in [5.74, 6) is 0.873. The second-order valence-electron chi connectivity index (χ2n) is 6.85. The molecule has 0 saturated carbocycles. The highest BCUT2D eigenvalue weighted by atomic mass is 32.2. The Hall–Kier alpha value is -1.61. The number of benzene rings is 1. The summed E-state index contributed by atoms with van der Waals surface area (Å²) in [7, 11) is -1.69. The Morgan fingerprint density at radius 3 is 2.39 bits per heavy atom. The fourth-order valence-electron chi connectivity index (χ4n) is 3.30. The molecule has 0 radical (unpaired) electrons. The molecule has 0 amide bonds. The molecule has 1 aromatic carbocycles. The lowest BCUT2D eigenvalue weighted by atomic mass is 10.2. The van der Waals surface area contributed by atoms with Crippen molar-refractivity contribution in [2.75, 3.05) is 51.3 Å². The third-order valence-electron chi connectivity index (χ3n) is 5.00. The molecule has 1 aliphatic heterocycles. The standard InChI is InChI=1S/C20H29N3O3S2/c1-3-19-9-10-20(27-19)28(24,25)21-11-4-12-22-13-15-23(16-14-22)17-5-7-18(26-2)8-6-17/h5-10,21H,3-4,11-16H2,1-2H3. The minimum Gasteiger partial charge on any atom is -0.497 e. The first kappa shape index (κ1) is 21.1. The third-order valence-corrected chi connectivity index (χ3v) is 8.19. The molecule has 0 aliphatic carbocycles. The summed E-state index contributed by atoms with van der Waals surface area (Å²) in [6.45, 7) is 7.35. The first-order chi connectivity index (χ1) is 13.5. The lowest BCUT2D eigenvalue weighted by Gasteiger charge is -2.36.